The van der Waals surface area contributed by atoms with Crippen LogP contribution < -0.4 is 10.1 Å². The Bertz CT molecular complexity index is 974. The van der Waals surface area contributed by atoms with Gasteiger partial charge < -0.3 is 15.2 Å². The second kappa shape index (κ2) is 9.56. The van der Waals surface area contributed by atoms with E-state index in [1.807, 2.05) is 0 Å². The van der Waals surface area contributed by atoms with Crippen molar-refractivity contribution in [2.24, 2.45) is 5.92 Å². The van der Waals surface area contributed by atoms with Crippen molar-refractivity contribution in [2.45, 2.75) is 57.6 Å². The maximum absolute atomic E-state index is 15.1. The van der Waals surface area contributed by atoms with Gasteiger partial charge in [0.25, 0.3) is 5.91 Å². The molecule has 0 radical (unpaired) electrons. The average molecular weight is 426 g/mol. The van der Waals surface area contributed by atoms with Gasteiger partial charge in [0.15, 0.2) is 0 Å². The van der Waals surface area contributed by atoms with Gasteiger partial charge in [-0.25, -0.2) is 4.39 Å². The number of nitrogens with one attached hydrogen (secondary N) is 1. The highest BCUT2D eigenvalue weighted by molar-refractivity contribution is 5.98. The summed E-state index contributed by atoms with van der Waals surface area (Å²) in [7, 11) is 0. The number of carbonyl (C=O) groups is 1. The number of hydrogen-bond acceptors (Lipinski definition) is 5. The van der Waals surface area contributed by atoms with Crippen LogP contribution in [0.25, 0.3) is 11.9 Å². The molecule has 2 aliphatic rings. The van der Waals surface area contributed by atoms with E-state index in [-0.39, 0.29) is 28.8 Å². The molecule has 0 unspecified atom stereocenters. The fourth-order valence-corrected chi connectivity index (χ4v) is 3.73. The third kappa shape index (κ3) is 5.67. The van der Waals surface area contributed by atoms with Crippen molar-refractivity contribution in [3.05, 3.63) is 53.1 Å². The fraction of sp³-hybridized carbons (Fsp3) is 0.458. The predicted molar refractivity (Wildman–Crippen MR) is 116 cm³/mol. The lowest BCUT2D eigenvalue weighted by atomic mass is 9.92. The van der Waals surface area contributed by atoms with Crippen LogP contribution in [0, 0.1) is 12.8 Å². The highest BCUT2D eigenvalue weighted by Crippen LogP contribution is 2.30. The second-order valence-corrected chi connectivity index (χ2v) is 8.47. The Kier molecular flexibility index (Phi) is 6.61. The summed E-state index contributed by atoms with van der Waals surface area (Å²) in [5.41, 5.74) is 1.45. The van der Waals surface area contributed by atoms with E-state index in [2.05, 4.69) is 15.3 Å². The first-order chi connectivity index (χ1) is 15.0. The first-order valence-corrected chi connectivity index (χ1v) is 10.9. The van der Waals surface area contributed by atoms with E-state index in [0.29, 0.717) is 30.4 Å². The van der Waals surface area contributed by atoms with Gasteiger partial charge >= 0.3 is 0 Å². The fourth-order valence-electron chi connectivity index (χ4n) is 3.73. The van der Waals surface area contributed by atoms with Gasteiger partial charge in [0, 0.05) is 23.5 Å². The zero-order valence-electron chi connectivity index (χ0n) is 17.7. The van der Waals surface area contributed by atoms with Gasteiger partial charge in [-0.15, -0.1) is 0 Å². The highest BCUT2D eigenvalue weighted by Gasteiger charge is 2.26. The SMILES string of the molecule is Cc1ccc(C(=O)N[C@H]2CCCC[C@@H]2O)c(/C=C(\F)c2cncc(OCC3CC3)c2)n1. The van der Waals surface area contributed by atoms with E-state index in [0.717, 1.165) is 19.3 Å². The van der Waals surface area contributed by atoms with Crippen molar-refractivity contribution in [3.63, 3.8) is 0 Å². The van der Waals surface area contributed by atoms with Gasteiger partial charge in [-0.05, 0) is 56.7 Å². The smallest absolute Gasteiger partial charge is 0.253 e. The number of halogens is 1. The Hall–Kier alpha value is -2.80. The number of hydrogen-bond donors (Lipinski definition) is 2. The van der Waals surface area contributed by atoms with Crippen LogP contribution in [0.15, 0.2) is 30.6 Å². The van der Waals surface area contributed by atoms with Crippen LogP contribution in [0.2, 0.25) is 0 Å². The molecule has 2 saturated carbocycles. The summed E-state index contributed by atoms with van der Waals surface area (Å²) in [5.74, 6) is 0.199. The molecule has 0 spiro atoms. The van der Waals surface area contributed by atoms with Crippen LogP contribution >= 0.6 is 0 Å². The minimum Gasteiger partial charge on any atom is -0.492 e. The summed E-state index contributed by atoms with van der Waals surface area (Å²) in [4.78, 5) is 21.3. The highest BCUT2D eigenvalue weighted by atomic mass is 19.1. The van der Waals surface area contributed by atoms with Crippen LogP contribution in [-0.2, 0) is 0 Å². The van der Waals surface area contributed by atoms with Crippen molar-refractivity contribution >= 4 is 17.8 Å². The van der Waals surface area contributed by atoms with E-state index in [1.54, 1.807) is 31.3 Å². The van der Waals surface area contributed by atoms with Crippen LogP contribution in [0.4, 0.5) is 4.39 Å². The summed E-state index contributed by atoms with van der Waals surface area (Å²) >= 11 is 0. The minimum absolute atomic E-state index is 0.240. The molecule has 2 N–H and O–H groups in total. The van der Waals surface area contributed by atoms with Crippen LogP contribution in [0.1, 0.15) is 65.8 Å². The van der Waals surface area contributed by atoms with Crippen molar-refractivity contribution in [2.75, 3.05) is 6.61 Å². The van der Waals surface area contributed by atoms with E-state index in [4.69, 9.17) is 4.74 Å². The number of ether oxygens (including phenoxy) is 1. The minimum atomic E-state index is -0.559. The van der Waals surface area contributed by atoms with Crippen LogP contribution in [-0.4, -0.2) is 39.7 Å². The summed E-state index contributed by atoms with van der Waals surface area (Å²) in [6, 6.07) is 4.66. The molecule has 0 aliphatic heterocycles. The number of aliphatic hydroxyl groups excluding tert-OH is 1. The number of aromatic nitrogens is 2. The third-order valence-electron chi connectivity index (χ3n) is 5.79. The van der Waals surface area contributed by atoms with Crippen molar-refractivity contribution in [1.29, 1.82) is 0 Å². The molecule has 2 aromatic heterocycles. The third-order valence-corrected chi connectivity index (χ3v) is 5.79. The Labute approximate surface area is 181 Å². The van der Waals surface area contributed by atoms with Crippen molar-refractivity contribution in [3.8, 4) is 5.75 Å². The maximum atomic E-state index is 15.1. The molecule has 2 fully saturated rings. The summed E-state index contributed by atoms with van der Waals surface area (Å²) < 4.78 is 20.7. The lowest BCUT2D eigenvalue weighted by Crippen LogP contribution is -2.45. The number of carbonyl (C=O) groups excluding carboxylic acids is 1. The zero-order chi connectivity index (χ0) is 21.8. The Morgan fingerprint density at radius 3 is 2.84 bits per heavy atom. The number of aliphatic hydroxyl groups is 1. The Morgan fingerprint density at radius 2 is 2.06 bits per heavy atom. The molecule has 0 saturated heterocycles. The van der Waals surface area contributed by atoms with Crippen LogP contribution in [0.5, 0.6) is 5.75 Å². The molecule has 1 amide bonds. The molecule has 31 heavy (non-hydrogen) atoms. The summed E-state index contributed by atoms with van der Waals surface area (Å²) in [6.45, 7) is 2.41. The zero-order valence-corrected chi connectivity index (χ0v) is 17.7. The molecule has 4 rings (SSSR count). The van der Waals surface area contributed by atoms with Gasteiger partial charge in [0.1, 0.15) is 11.6 Å². The van der Waals surface area contributed by atoms with E-state index < -0.39 is 11.9 Å². The monoisotopic (exact) mass is 425 g/mol. The van der Waals surface area contributed by atoms with E-state index in [1.165, 1.54) is 25.1 Å². The number of nitrogens with zero attached hydrogens (tertiary/aromatic N) is 2. The molecule has 2 aromatic rings. The van der Waals surface area contributed by atoms with Crippen molar-refractivity contribution < 1.29 is 19.0 Å². The van der Waals surface area contributed by atoms with Gasteiger partial charge in [-0.2, -0.15) is 0 Å². The van der Waals surface area contributed by atoms with Gasteiger partial charge in [-0.3, -0.25) is 14.8 Å². The number of rotatable bonds is 7. The summed E-state index contributed by atoms with van der Waals surface area (Å²) in [6.07, 6.45) is 9.33. The first kappa shape index (κ1) is 21.4. The van der Waals surface area contributed by atoms with Gasteiger partial charge in [0.2, 0.25) is 0 Å². The lowest BCUT2D eigenvalue weighted by molar-refractivity contribution is 0.0717. The first-order valence-electron chi connectivity index (χ1n) is 10.9. The Balaban J connectivity index is 1.54. The van der Waals surface area contributed by atoms with Gasteiger partial charge in [0.05, 0.1) is 36.2 Å². The molecule has 6 nitrogen and oxygen atoms in total. The normalized spacial score (nSPS) is 21.6. The number of amides is 1. The average Bonchev–Trinajstić information content (AvgIpc) is 3.59. The largest absolute Gasteiger partial charge is 0.492 e. The van der Waals surface area contributed by atoms with Gasteiger partial charge in [-0.1, -0.05) is 12.8 Å². The standard InChI is InChI=1S/C24H28FN3O3/c1-15-6-9-19(24(30)28-21-4-2-3-5-23(21)29)22(27-15)11-20(25)17-10-18(13-26-12-17)31-14-16-7-8-16/h6,9-13,16,21,23,29H,2-5,7-8,14H2,1H3,(H,28,30)/b20-11-/t21-,23-/m0/s1. The molecule has 2 aliphatic carbocycles. The molecule has 0 aromatic carbocycles. The van der Waals surface area contributed by atoms with E-state index in [9.17, 15) is 9.90 Å². The quantitative estimate of drug-likeness (QED) is 0.699. The Morgan fingerprint density at radius 1 is 1.26 bits per heavy atom. The molecule has 7 heteroatoms. The topological polar surface area (TPSA) is 84.3 Å². The predicted octanol–water partition coefficient (Wildman–Crippen LogP) is 4.07. The van der Waals surface area contributed by atoms with E-state index >= 15 is 4.39 Å². The second-order valence-electron chi connectivity index (χ2n) is 8.47. The van der Waals surface area contributed by atoms with Crippen molar-refractivity contribution in [1.82, 2.24) is 15.3 Å². The molecule has 164 valence electrons. The molecule has 2 atom stereocenters. The number of pyridine rings is 2. The lowest BCUT2D eigenvalue weighted by Gasteiger charge is -2.28. The maximum Gasteiger partial charge on any atom is 0.253 e. The number of aryl methyl sites for hydroxylation is 1. The van der Waals surface area contributed by atoms with Crippen LogP contribution in [0.3, 0.4) is 0 Å². The molecule has 0 bridgehead atoms. The molecule has 2 heterocycles. The molecular weight excluding hydrogens is 397 g/mol. The summed E-state index contributed by atoms with van der Waals surface area (Å²) in [5, 5.41) is 13.0. The molecular formula is C24H28FN3O3.